The molecule has 0 bridgehead atoms. The van der Waals surface area contributed by atoms with Crippen molar-refractivity contribution in [3.63, 3.8) is 0 Å². The molecule has 0 aliphatic carbocycles. The van der Waals surface area contributed by atoms with Crippen molar-refractivity contribution in [1.82, 2.24) is 4.98 Å². The lowest BCUT2D eigenvalue weighted by Gasteiger charge is -2.33. The molecule has 1 aromatic heterocycles. The summed E-state index contributed by atoms with van der Waals surface area (Å²) in [6.45, 7) is 3.42. The first kappa shape index (κ1) is 10.9. The second-order valence-corrected chi connectivity index (χ2v) is 4.14. The number of rotatable bonds is 3. The van der Waals surface area contributed by atoms with Gasteiger partial charge in [-0.3, -0.25) is 0 Å². The first-order valence-corrected chi connectivity index (χ1v) is 5.14. The van der Waals surface area contributed by atoms with Crippen LogP contribution >= 0.6 is 0 Å². The minimum atomic E-state index is -1.09. The maximum Gasteiger partial charge on any atom is 0.357 e. The fourth-order valence-corrected chi connectivity index (χ4v) is 1.63. The Morgan fingerprint density at radius 3 is 2.81 bits per heavy atom. The highest BCUT2D eigenvalue weighted by atomic mass is 16.5. The van der Waals surface area contributed by atoms with Crippen molar-refractivity contribution < 1.29 is 19.1 Å². The van der Waals surface area contributed by atoms with Gasteiger partial charge in [0.1, 0.15) is 6.26 Å². The quantitative estimate of drug-likeness (QED) is 0.809. The second-order valence-electron chi connectivity index (χ2n) is 4.14. The summed E-state index contributed by atoms with van der Waals surface area (Å²) in [4.78, 5) is 14.4. The van der Waals surface area contributed by atoms with E-state index in [-0.39, 0.29) is 17.2 Å². The number of hydrogen-bond acceptors (Lipinski definition) is 5. The fourth-order valence-electron chi connectivity index (χ4n) is 1.63. The van der Waals surface area contributed by atoms with Crippen LogP contribution in [0, 0.1) is 0 Å². The van der Waals surface area contributed by atoms with Crippen LogP contribution in [0.1, 0.15) is 30.3 Å². The third-order valence-corrected chi connectivity index (χ3v) is 2.73. The van der Waals surface area contributed by atoms with E-state index in [0.717, 1.165) is 19.1 Å². The molecule has 2 rings (SSSR count). The van der Waals surface area contributed by atoms with Gasteiger partial charge in [0.25, 0.3) is 6.01 Å². The molecule has 0 saturated carbocycles. The van der Waals surface area contributed by atoms with E-state index in [9.17, 15) is 4.79 Å². The normalized spacial score (nSPS) is 19.3. The van der Waals surface area contributed by atoms with Crippen LogP contribution < -0.4 is 5.32 Å². The third-order valence-electron chi connectivity index (χ3n) is 2.73. The molecule has 0 spiro atoms. The summed E-state index contributed by atoms with van der Waals surface area (Å²) in [6, 6.07) is 0.252. The number of aromatic carboxylic acids is 1. The molecule has 1 aromatic rings. The molecule has 0 atom stereocenters. The minimum absolute atomic E-state index is 0.0850. The number of hydrogen-bond donors (Lipinski definition) is 2. The highest BCUT2D eigenvalue weighted by Crippen LogP contribution is 2.24. The zero-order valence-electron chi connectivity index (χ0n) is 9.02. The number of anilines is 1. The van der Waals surface area contributed by atoms with Gasteiger partial charge in [-0.25, -0.2) is 4.79 Å². The smallest absolute Gasteiger partial charge is 0.357 e. The summed E-state index contributed by atoms with van der Waals surface area (Å²) >= 11 is 0. The Hall–Kier alpha value is -1.56. The zero-order chi connectivity index (χ0) is 11.6. The number of carboxylic acid groups (broad SMARTS) is 1. The zero-order valence-corrected chi connectivity index (χ0v) is 9.02. The van der Waals surface area contributed by atoms with Gasteiger partial charge in [0.05, 0.1) is 0 Å². The van der Waals surface area contributed by atoms with Gasteiger partial charge in [0.15, 0.2) is 5.69 Å². The molecule has 16 heavy (non-hydrogen) atoms. The van der Waals surface area contributed by atoms with Gasteiger partial charge in [0, 0.05) is 18.8 Å². The maximum atomic E-state index is 10.6. The summed E-state index contributed by atoms with van der Waals surface area (Å²) in [5.74, 6) is -1.09. The molecule has 0 aromatic carbocycles. The topological polar surface area (TPSA) is 84.6 Å². The third kappa shape index (κ3) is 2.33. The first-order chi connectivity index (χ1) is 7.59. The van der Waals surface area contributed by atoms with Gasteiger partial charge in [-0.2, -0.15) is 4.98 Å². The Morgan fingerprint density at radius 1 is 1.56 bits per heavy atom. The van der Waals surface area contributed by atoms with Crippen molar-refractivity contribution in [2.45, 2.75) is 25.3 Å². The van der Waals surface area contributed by atoms with Crippen LogP contribution in [-0.2, 0) is 4.74 Å². The number of nitrogens with zero attached hydrogens (tertiary/aromatic N) is 1. The first-order valence-electron chi connectivity index (χ1n) is 5.14. The largest absolute Gasteiger partial charge is 0.476 e. The molecule has 0 unspecified atom stereocenters. The Balaban J connectivity index is 2.04. The number of ether oxygens (including phenoxy) is 1. The highest BCUT2D eigenvalue weighted by Gasteiger charge is 2.28. The van der Waals surface area contributed by atoms with Gasteiger partial charge in [-0.05, 0) is 19.8 Å². The van der Waals surface area contributed by atoms with Crippen LogP contribution in [0.4, 0.5) is 6.01 Å². The second kappa shape index (κ2) is 4.13. The number of carboxylic acids is 1. The Bertz CT molecular complexity index is 382. The molecule has 2 N–H and O–H groups in total. The Labute approximate surface area is 92.6 Å². The van der Waals surface area contributed by atoms with E-state index in [1.807, 2.05) is 6.92 Å². The number of carbonyl (C=O) groups is 1. The molecule has 0 amide bonds. The van der Waals surface area contributed by atoms with Gasteiger partial charge in [0.2, 0.25) is 0 Å². The van der Waals surface area contributed by atoms with Crippen LogP contribution in [0.25, 0.3) is 0 Å². The van der Waals surface area contributed by atoms with Crippen LogP contribution in [-0.4, -0.2) is 34.8 Å². The van der Waals surface area contributed by atoms with Gasteiger partial charge in [-0.1, -0.05) is 0 Å². The van der Waals surface area contributed by atoms with E-state index in [1.165, 1.54) is 0 Å². The van der Waals surface area contributed by atoms with Crippen molar-refractivity contribution in [1.29, 1.82) is 0 Å². The number of aromatic nitrogens is 1. The average Bonchev–Trinajstić information content (AvgIpc) is 2.66. The number of nitrogens with one attached hydrogen (secondary N) is 1. The summed E-state index contributed by atoms with van der Waals surface area (Å²) in [6.07, 6.45) is 2.82. The Morgan fingerprint density at radius 2 is 2.25 bits per heavy atom. The molecule has 6 nitrogen and oxygen atoms in total. The van der Waals surface area contributed by atoms with Crippen molar-refractivity contribution in [3.8, 4) is 0 Å². The molecular weight excluding hydrogens is 212 g/mol. The monoisotopic (exact) mass is 226 g/mol. The van der Waals surface area contributed by atoms with E-state index < -0.39 is 5.97 Å². The molecule has 1 fully saturated rings. The van der Waals surface area contributed by atoms with Crippen LogP contribution in [0.2, 0.25) is 0 Å². The lowest BCUT2D eigenvalue weighted by Crippen LogP contribution is -2.40. The lowest BCUT2D eigenvalue weighted by atomic mass is 9.93. The van der Waals surface area contributed by atoms with Crippen molar-refractivity contribution >= 4 is 12.0 Å². The van der Waals surface area contributed by atoms with E-state index in [2.05, 4.69) is 10.3 Å². The molecular formula is C10H14N2O4. The van der Waals surface area contributed by atoms with Crippen LogP contribution in [0.3, 0.4) is 0 Å². The van der Waals surface area contributed by atoms with Crippen LogP contribution in [0.5, 0.6) is 0 Å². The maximum absolute atomic E-state index is 10.6. The molecule has 88 valence electrons. The minimum Gasteiger partial charge on any atom is -0.476 e. The standard InChI is InChI=1S/C10H14N2O4/c1-10(2-4-15-5-3-10)12-9-11-7(6-16-9)8(13)14/h6H,2-5H2,1H3,(H,11,12)(H,13,14). The van der Waals surface area contributed by atoms with Gasteiger partial charge in [-0.15, -0.1) is 0 Å². The van der Waals surface area contributed by atoms with Gasteiger partial charge < -0.3 is 19.6 Å². The van der Waals surface area contributed by atoms with E-state index in [4.69, 9.17) is 14.3 Å². The predicted octanol–water partition coefficient (Wildman–Crippen LogP) is 1.35. The average molecular weight is 226 g/mol. The molecule has 1 aliphatic rings. The lowest BCUT2D eigenvalue weighted by molar-refractivity contribution is 0.0649. The van der Waals surface area contributed by atoms with Crippen molar-refractivity contribution in [2.75, 3.05) is 18.5 Å². The van der Waals surface area contributed by atoms with E-state index >= 15 is 0 Å². The summed E-state index contributed by atoms with van der Waals surface area (Å²) in [7, 11) is 0. The van der Waals surface area contributed by atoms with Crippen molar-refractivity contribution in [2.24, 2.45) is 0 Å². The predicted molar refractivity (Wildman–Crippen MR) is 55.5 cm³/mol. The SMILES string of the molecule is CC1(Nc2nc(C(=O)O)co2)CCOCC1. The summed E-state index contributed by atoms with van der Waals surface area (Å²) in [5.41, 5.74) is -0.225. The van der Waals surface area contributed by atoms with Crippen molar-refractivity contribution in [3.05, 3.63) is 12.0 Å². The summed E-state index contributed by atoms with van der Waals surface area (Å²) < 4.78 is 10.3. The summed E-state index contributed by atoms with van der Waals surface area (Å²) in [5, 5.41) is 11.8. The molecule has 0 radical (unpaired) electrons. The van der Waals surface area contributed by atoms with Gasteiger partial charge >= 0.3 is 5.97 Å². The fraction of sp³-hybridized carbons (Fsp3) is 0.600. The van der Waals surface area contributed by atoms with E-state index in [0.29, 0.717) is 13.2 Å². The van der Waals surface area contributed by atoms with E-state index in [1.54, 1.807) is 0 Å². The van der Waals surface area contributed by atoms with Crippen LogP contribution in [0.15, 0.2) is 10.7 Å². The Kier molecular flexibility index (Phi) is 2.82. The molecule has 1 aliphatic heterocycles. The molecule has 1 saturated heterocycles. The number of oxazole rings is 1. The highest BCUT2D eigenvalue weighted by molar-refractivity contribution is 5.85. The molecule has 6 heteroatoms. The molecule has 2 heterocycles.